The first kappa shape index (κ1) is 16.5. The molecule has 24 heavy (non-hydrogen) atoms. The second-order valence-electron chi connectivity index (χ2n) is 6.86. The van der Waals surface area contributed by atoms with Crippen LogP contribution in [0.4, 0.5) is 10.5 Å². The van der Waals surface area contributed by atoms with Crippen molar-refractivity contribution in [3.8, 4) is 0 Å². The number of imide groups is 1. The largest absolute Gasteiger partial charge is 0.325 e. The predicted molar refractivity (Wildman–Crippen MR) is 90.4 cm³/mol. The van der Waals surface area contributed by atoms with Crippen molar-refractivity contribution >= 4 is 23.5 Å². The van der Waals surface area contributed by atoms with Gasteiger partial charge in [-0.15, -0.1) is 0 Å². The Hall–Kier alpha value is -2.37. The van der Waals surface area contributed by atoms with Gasteiger partial charge in [0.1, 0.15) is 12.1 Å². The van der Waals surface area contributed by atoms with E-state index in [4.69, 9.17) is 0 Å². The Morgan fingerprint density at radius 2 is 2.17 bits per heavy atom. The number of carbonyl (C=O) groups excluding carboxylic acids is 3. The molecule has 1 aliphatic heterocycles. The van der Waals surface area contributed by atoms with Crippen LogP contribution in [0.15, 0.2) is 24.3 Å². The molecule has 0 radical (unpaired) electrons. The van der Waals surface area contributed by atoms with Gasteiger partial charge < -0.3 is 10.6 Å². The molecule has 3 rings (SSSR count). The van der Waals surface area contributed by atoms with Gasteiger partial charge in [-0.25, -0.2) is 4.79 Å². The van der Waals surface area contributed by atoms with Gasteiger partial charge in [0.05, 0.1) is 0 Å². The zero-order valence-electron chi connectivity index (χ0n) is 14.1. The van der Waals surface area contributed by atoms with Gasteiger partial charge in [-0.2, -0.15) is 0 Å². The maximum absolute atomic E-state index is 12.8. The highest BCUT2D eigenvalue weighted by atomic mass is 16.2. The van der Waals surface area contributed by atoms with E-state index >= 15 is 0 Å². The Labute approximate surface area is 141 Å². The number of amides is 4. The van der Waals surface area contributed by atoms with Crippen LogP contribution in [0.25, 0.3) is 0 Å². The fraction of sp³-hybridized carbons (Fsp3) is 0.500. The van der Waals surface area contributed by atoms with Gasteiger partial charge in [-0.1, -0.05) is 31.9 Å². The minimum atomic E-state index is -0.820. The smallest absolute Gasteiger partial charge is 0.325 e. The lowest BCUT2D eigenvalue weighted by atomic mass is 9.73. The summed E-state index contributed by atoms with van der Waals surface area (Å²) < 4.78 is 0. The summed E-state index contributed by atoms with van der Waals surface area (Å²) in [7, 11) is 0. The van der Waals surface area contributed by atoms with Gasteiger partial charge in [-0.3, -0.25) is 14.5 Å². The number of nitrogens with one attached hydrogen (secondary N) is 2. The number of anilines is 1. The molecular formula is C18H23N3O3. The Balaban J connectivity index is 1.70. The standard InChI is InChI=1S/C18H23N3O3/c1-12-6-5-8-14(10-12)19-15(22)11-21-16(23)18(20-17(21)24)9-4-3-7-13(18)2/h5-6,8,10,13H,3-4,7,9,11H2,1-2H3,(H,19,22)(H,20,24)/t13-,18-/m0/s1. The van der Waals surface area contributed by atoms with Crippen LogP contribution in [0.5, 0.6) is 0 Å². The summed E-state index contributed by atoms with van der Waals surface area (Å²) in [5.41, 5.74) is 0.865. The van der Waals surface area contributed by atoms with Crippen molar-refractivity contribution in [1.82, 2.24) is 10.2 Å². The van der Waals surface area contributed by atoms with Crippen molar-refractivity contribution in [1.29, 1.82) is 0 Å². The van der Waals surface area contributed by atoms with Gasteiger partial charge in [0.25, 0.3) is 5.91 Å². The molecule has 1 saturated heterocycles. The number of carbonyl (C=O) groups is 3. The zero-order chi connectivity index (χ0) is 17.3. The topological polar surface area (TPSA) is 78.5 Å². The van der Waals surface area contributed by atoms with E-state index in [1.54, 1.807) is 6.07 Å². The first-order valence-corrected chi connectivity index (χ1v) is 8.43. The molecule has 0 bridgehead atoms. The van der Waals surface area contributed by atoms with Crippen LogP contribution in [-0.2, 0) is 9.59 Å². The molecule has 0 unspecified atom stereocenters. The van der Waals surface area contributed by atoms with Crippen molar-refractivity contribution in [2.45, 2.75) is 45.1 Å². The molecule has 128 valence electrons. The van der Waals surface area contributed by atoms with E-state index in [0.29, 0.717) is 12.1 Å². The van der Waals surface area contributed by atoms with Crippen molar-refractivity contribution in [2.75, 3.05) is 11.9 Å². The van der Waals surface area contributed by atoms with Gasteiger partial charge in [0.2, 0.25) is 5.91 Å². The fourth-order valence-electron chi connectivity index (χ4n) is 3.71. The lowest BCUT2D eigenvalue weighted by molar-refractivity contribution is -0.136. The third-order valence-electron chi connectivity index (χ3n) is 5.10. The normalized spacial score (nSPS) is 26.6. The van der Waals surface area contributed by atoms with Crippen LogP contribution < -0.4 is 10.6 Å². The van der Waals surface area contributed by atoms with Crippen LogP contribution in [0.1, 0.15) is 38.2 Å². The maximum Gasteiger partial charge on any atom is 0.325 e. The molecule has 0 aromatic heterocycles. The second-order valence-corrected chi connectivity index (χ2v) is 6.86. The Kier molecular flexibility index (Phi) is 4.30. The van der Waals surface area contributed by atoms with Crippen molar-refractivity contribution < 1.29 is 14.4 Å². The molecule has 2 fully saturated rings. The zero-order valence-corrected chi connectivity index (χ0v) is 14.1. The van der Waals surface area contributed by atoms with E-state index in [9.17, 15) is 14.4 Å². The fourth-order valence-corrected chi connectivity index (χ4v) is 3.71. The summed E-state index contributed by atoms with van der Waals surface area (Å²) in [6.45, 7) is 3.67. The minimum Gasteiger partial charge on any atom is -0.325 e. The number of hydrogen-bond acceptors (Lipinski definition) is 3. The van der Waals surface area contributed by atoms with E-state index in [0.717, 1.165) is 29.7 Å². The predicted octanol–water partition coefficient (Wildman–Crippen LogP) is 2.43. The number of urea groups is 1. The Morgan fingerprint density at radius 3 is 2.88 bits per heavy atom. The lowest BCUT2D eigenvalue weighted by Crippen LogP contribution is -2.54. The first-order valence-electron chi connectivity index (χ1n) is 8.43. The van der Waals surface area contributed by atoms with E-state index < -0.39 is 11.6 Å². The second kappa shape index (κ2) is 6.26. The molecule has 4 amide bonds. The molecule has 1 heterocycles. The average molecular weight is 329 g/mol. The highest BCUT2D eigenvalue weighted by Gasteiger charge is 2.55. The SMILES string of the molecule is Cc1cccc(NC(=O)CN2C(=O)N[C@]3(CCCC[C@@H]3C)C2=O)c1. The van der Waals surface area contributed by atoms with Crippen LogP contribution in [-0.4, -0.2) is 34.8 Å². The summed E-state index contributed by atoms with van der Waals surface area (Å²) in [5.74, 6) is -0.545. The van der Waals surface area contributed by atoms with Crippen LogP contribution in [0, 0.1) is 12.8 Å². The quantitative estimate of drug-likeness (QED) is 0.836. The molecule has 2 atom stereocenters. The molecular weight excluding hydrogens is 306 g/mol. The van der Waals surface area contributed by atoms with Crippen molar-refractivity contribution in [3.05, 3.63) is 29.8 Å². The average Bonchev–Trinajstić information content (AvgIpc) is 2.75. The van der Waals surface area contributed by atoms with E-state index in [-0.39, 0.29) is 24.3 Å². The van der Waals surface area contributed by atoms with Crippen LogP contribution >= 0.6 is 0 Å². The van der Waals surface area contributed by atoms with Gasteiger partial charge in [0.15, 0.2) is 0 Å². The Bertz CT molecular complexity index is 688. The summed E-state index contributed by atoms with van der Waals surface area (Å²) in [4.78, 5) is 38.4. The molecule has 1 spiro atoms. The number of nitrogens with zero attached hydrogens (tertiary/aromatic N) is 1. The molecule has 1 aliphatic carbocycles. The third-order valence-corrected chi connectivity index (χ3v) is 5.10. The molecule has 1 aromatic carbocycles. The lowest BCUT2D eigenvalue weighted by Gasteiger charge is -2.36. The van der Waals surface area contributed by atoms with E-state index in [2.05, 4.69) is 10.6 Å². The first-order chi connectivity index (χ1) is 11.4. The summed E-state index contributed by atoms with van der Waals surface area (Å²) in [5, 5.41) is 5.60. The van der Waals surface area contributed by atoms with Crippen LogP contribution in [0.3, 0.4) is 0 Å². The third kappa shape index (κ3) is 2.88. The van der Waals surface area contributed by atoms with Gasteiger partial charge >= 0.3 is 6.03 Å². The number of hydrogen-bond donors (Lipinski definition) is 2. The number of benzene rings is 1. The van der Waals surface area contributed by atoms with Gasteiger partial charge in [-0.05, 0) is 43.4 Å². The molecule has 6 heteroatoms. The summed E-state index contributed by atoms with van der Waals surface area (Å²) >= 11 is 0. The summed E-state index contributed by atoms with van der Waals surface area (Å²) in [6, 6.07) is 6.93. The van der Waals surface area contributed by atoms with Gasteiger partial charge in [0, 0.05) is 5.69 Å². The Morgan fingerprint density at radius 1 is 1.38 bits per heavy atom. The van der Waals surface area contributed by atoms with Crippen LogP contribution in [0.2, 0.25) is 0 Å². The highest BCUT2D eigenvalue weighted by molar-refractivity contribution is 6.10. The molecule has 2 N–H and O–H groups in total. The molecule has 1 aromatic rings. The van der Waals surface area contributed by atoms with Crippen molar-refractivity contribution in [3.63, 3.8) is 0 Å². The monoisotopic (exact) mass is 329 g/mol. The minimum absolute atomic E-state index is 0.0903. The van der Waals surface area contributed by atoms with Crippen molar-refractivity contribution in [2.24, 2.45) is 5.92 Å². The molecule has 2 aliphatic rings. The number of aryl methyl sites for hydroxylation is 1. The highest BCUT2D eigenvalue weighted by Crippen LogP contribution is 2.38. The molecule has 6 nitrogen and oxygen atoms in total. The number of rotatable bonds is 3. The maximum atomic E-state index is 12.8. The van der Waals surface area contributed by atoms with E-state index in [1.165, 1.54) is 0 Å². The summed E-state index contributed by atoms with van der Waals surface area (Å²) in [6.07, 6.45) is 3.55. The molecule has 1 saturated carbocycles. The van der Waals surface area contributed by atoms with E-state index in [1.807, 2.05) is 32.0 Å².